The van der Waals surface area contributed by atoms with E-state index in [9.17, 15) is 4.79 Å². The van der Waals surface area contributed by atoms with E-state index in [1.54, 1.807) is 6.07 Å². The van der Waals surface area contributed by atoms with Crippen molar-refractivity contribution >= 4 is 10.9 Å². The Kier molecular flexibility index (Phi) is 3.83. The zero-order valence-electron chi connectivity index (χ0n) is 12.8. The molecular weight excluding hydrogens is 262 g/mol. The number of hydrogen-bond donors (Lipinski definition) is 2. The van der Waals surface area contributed by atoms with Crippen LogP contribution in [-0.4, -0.2) is 29.5 Å². The molecular formula is C17H23N3O. The quantitative estimate of drug-likeness (QED) is 0.906. The van der Waals surface area contributed by atoms with E-state index in [4.69, 9.17) is 5.73 Å². The largest absolute Gasteiger partial charge is 0.357 e. The number of rotatable bonds is 3. The van der Waals surface area contributed by atoms with Crippen molar-refractivity contribution in [2.45, 2.75) is 26.8 Å². The molecule has 0 saturated carbocycles. The minimum absolute atomic E-state index is 0.111. The first-order valence-corrected chi connectivity index (χ1v) is 7.62. The summed E-state index contributed by atoms with van der Waals surface area (Å²) in [6, 6.07) is 5.82. The monoisotopic (exact) mass is 285 g/mol. The molecule has 0 bridgehead atoms. The molecule has 3 rings (SSSR count). The third-order valence-corrected chi connectivity index (χ3v) is 4.43. The maximum atomic E-state index is 12.3. The van der Waals surface area contributed by atoms with Crippen LogP contribution in [0.2, 0.25) is 0 Å². The van der Waals surface area contributed by atoms with Gasteiger partial charge in [-0.15, -0.1) is 0 Å². The van der Waals surface area contributed by atoms with E-state index in [1.807, 2.05) is 13.0 Å². The van der Waals surface area contributed by atoms with Gasteiger partial charge >= 0.3 is 0 Å². The van der Waals surface area contributed by atoms with Gasteiger partial charge in [-0.3, -0.25) is 9.69 Å². The molecule has 2 aromatic rings. The molecule has 0 unspecified atom stereocenters. The number of benzene rings is 1. The highest BCUT2D eigenvalue weighted by Crippen LogP contribution is 2.19. The van der Waals surface area contributed by atoms with Crippen LogP contribution in [0.3, 0.4) is 0 Å². The predicted molar refractivity (Wildman–Crippen MR) is 86.5 cm³/mol. The summed E-state index contributed by atoms with van der Waals surface area (Å²) in [6.45, 7) is 7.72. The van der Waals surface area contributed by atoms with Gasteiger partial charge in [-0.05, 0) is 56.5 Å². The number of aromatic amines is 1. The van der Waals surface area contributed by atoms with Gasteiger partial charge in [-0.25, -0.2) is 0 Å². The van der Waals surface area contributed by atoms with Gasteiger partial charge in [0.15, 0.2) is 5.43 Å². The van der Waals surface area contributed by atoms with Crippen LogP contribution in [0.4, 0.5) is 0 Å². The SMILES string of the molecule is Cc1cc(C)c2[nH]c(CN3CC[C@@H](CN)C3)cc(=O)c2c1. The van der Waals surface area contributed by atoms with E-state index in [-0.39, 0.29) is 5.43 Å². The maximum absolute atomic E-state index is 12.3. The highest BCUT2D eigenvalue weighted by Gasteiger charge is 2.21. The number of nitrogens with two attached hydrogens (primary N) is 1. The number of H-pyrrole nitrogens is 1. The lowest BCUT2D eigenvalue weighted by atomic mass is 10.1. The summed E-state index contributed by atoms with van der Waals surface area (Å²) in [5.74, 6) is 0.599. The second-order valence-electron chi connectivity index (χ2n) is 6.29. The smallest absolute Gasteiger partial charge is 0.189 e. The third kappa shape index (κ3) is 2.87. The van der Waals surface area contributed by atoms with E-state index in [2.05, 4.69) is 22.9 Å². The summed E-state index contributed by atoms with van der Waals surface area (Å²) in [5.41, 5.74) is 10.1. The highest BCUT2D eigenvalue weighted by molar-refractivity contribution is 5.82. The molecule has 1 aromatic carbocycles. The highest BCUT2D eigenvalue weighted by atomic mass is 16.1. The first-order chi connectivity index (χ1) is 10.1. The van der Waals surface area contributed by atoms with Gasteiger partial charge < -0.3 is 10.7 Å². The number of pyridine rings is 1. The van der Waals surface area contributed by atoms with Gasteiger partial charge in [0.2, 0.25) is 0 Å². The van der Waals surface area contributed by atoms with E-state index >= 15 is 0 Å². The minimum Gasteiger partial charge on any atom is -0.357 e. The summed E-state index contributed by atoms with van der Waals surface area (Å²) in [4.78, 5) is 18.2. The summed E-state index contributed by atoms with van der Waals surface area (Å²) in [7, 11) is 0. The number of hydrogen-bond acceptors (Lipinski definition) is 3. The molecule has 4 heteroatoms. The molecule has 112 valence electrons. The molecule has 0 spiro atoms. The van der Waals surface area contributed by atoms with Gasteiger partial charge in [-0.2, -0.15) is 0 Å². The Hall–Kier alpha value is -1.65. The summed E-state index contributed by atoms with van der Waals surface area (Å²) in [6.07, 6.45) is 1.16. The van der Waals surface area contributed by atoms with Crippen molar-refractivity contribution in [2.24, 2.45) is 11.7 Å². The lowest BCUT2D eigenvalue weighted by molar-refractivity contribution is 0.314. The Morgan fingerprint density at radius 3 is 2.86 bits per heavy atom. The molecule has 0 amide bonds. The second kappa shape index (κ2) is 5.62. The molecule has 0 aliphatic carbocycles. The van der Waals surface area contributed by atoms with Crippen LogP contribution >= 0.6 is 0 Å². The van der Waals surface area contributed by atoms with E-state index in [1.165, 1.54) is 0 Å². The predicted octanol–water partition coefficient (Wildman–Crippen LogP) is 1.93. The van der Waals surface area contributed by atoms with Crippen molar-refractivity contribution in [1.82, 2.24) is 9.88 Å². The van der Waals surface area contributed by atoms with Gasteiger partial charge in [0.1, 0.15) is 0 Å². The molecule has 21 heavy (non-hydrogen) atoms. The van der Waals surface area contributed by atoms with Gasteiger partial charge in [0.25, 0.3) is 0 Å². The lowest BCUT2D eigenvalue weighted by Gasteiger charge is -2.16. The maximum Gasteiger partial charge on any atom is 0.189 e. The van der Waals surface area contributed by atoms with Gasteiger partial charge in [-0.1, -0.05) is 6.07 Å². The molecule has 4 nitrogen and oxygen atoms in total. The minimum atomic E-state index is 0.111. The van der Waals surface area contributed by atoms with Crippen LogP contribution in [0, 0.1) is 19.8 Å². The summed E-state index contributed by atoms with van der Waals surface area (Å²) >= 11 is 0. The van der Waals surface area contributed by atoms with Crippen LogP contribution in [-0.2, 0) is 6.54 Å². The van der Waals surface area contributed by atoms with Crippen molar-refractivity contribution in [2.75, 3.05) is 19.6 Å². The summed E-state index contributed by atoms with van der Waals surface area (Å²) in [5, 5.41) is 0.789. The Labute approximate surface area is 125 Å². The lowest BCUT2D eigenvalue weighted by Crippen LogP contribution is -2.24. The fraction of sp³-hybridized carbons (Fsp3) is 0.471. The van der Waals surface area contributed by atoms with Crippen LogP contribution in [0.15, 0.2) is 23.0 Å². The molecule has 1 aliphatic heterocycles. The molecule has 0 radical (unpaired) electrons. The molecule has 1 atom stereocenters. The van der Waals surface area contributed by atoms with Gasteiger partial charge in [0.05, 0.1) is 5.52 Å². The molecule has 3 N–H and O–H groups in total. The van der Waals surface area contributed by atoms with Crippen LogP contribution in [0.5, 0.6) is 0 Å². The van der Waals surface area contributed by atoms with Crippen LogP contribution < -0.4 is 11.2 Å². The van der Waals surface area contributed by atoms with Crippen LogP contribution in [0.1, 0.15) is 23.2 Å². The molecule has 2 heterocycles. The average Bonchev–Trinajstić information content (AvgIpc) is 2.88. The van der Waals surface area contributed by atoms with Crippen molar-refractivity contribution in [3.05, 3.63) is 45.2 Å². The Balaban J connectivity index is 1.92. The third-order valence-electron chi connectivity index (χ3n) is 4.43. The number of aromatic nitrogens is 1. The van der Waals surface area contributed by atoms with Crippen molar-refractivity contribution < 1.29 is 0 Å². The standard InChI is InChI=1S/C17H23N3O/c1-11-5-12(2)17-15(6-11)16(21)7-14(19-17)10-20-4-3-13(8-18)9-20/h5-7,13H,3-4,8-10,18H2,1-2H3,(H,19,21)/t13-/m0/s1. The van der Waals surface area contributed by atoms with E-state index < -0.39 is 0 Å². The molecule has 1 aromatic heterocycles. The average molecular weight is 285 g/mol. The van der Waals surface area contributed by atoms with E-state index in [0.717, 1.165) is 60.3 Å². The van der Waals surface area contributed by atoms with Crippen molar-refractivity contribution in [1.29, 1.82) is 0 Å². The zero-order chi connectivity index (χ0) is 15.0. The number of fused-ring (bicyclic) bond motifs is 1. The number of nitrogens with zero attached hydrogens (tertiary/aromatic N) is 1. The molecule has 1 fully saturated rings. The fourth-order valence-electron chi connectivity index (χ4n) is 3.34. The second-order valence-corrected chi connectivity index (χ2v) is 6.29. The Bertz CT molecular complexity index is 720. The zero-order valence-corrected chi connectivity index (χ0v) is 12.8. The number of aryl methyl sites for hydroxylation is 2. The van der Waals surface area contributed by atoms with Crippen molar-refractivity contribution in [3.8, 4) is 0 Å². The number of likely N-dealkylation sites (tertiary alicyclic amines) is 1. The Morgan fingerprint density at radius 2 is 2.14 bits per heavy atom. The summed E-state index contributed by atoms with van der Waals surface area (Å²) < 4.78 is 0. The molecule has 1 aliphatic rings. The van der Waals surface area contributed by atoms with E-state index in [0.29, 0.717) is 5.92 Å². The number of nitrogens with one attached hydrogen (secondary N) is 1. The van der Waals surface area contributed by atoms with Crippen molar-refractivity contribution in [3.63, 3.8) is 0 Å². The topological polar surface area (TPSA) is 62.1 Å². The first kappa shape index (κ1) is 14.3. The Morgan fingerprint density at radius 1 is 1.33 bits per heavy atom. The first-order valence-electron chi connectivity index (χ1n) is 7.62. The fourth-order valence-corrected chi connectivity index (χ4v) is 3.34. The molecule has 1 saturated heterocycles. The normalized spacial score (nSPS) is 19.5. The van der Waals surface area contributed by atoms with Gasteiger partial charge in [0, 0.05) is 30.2 Å². The van der Waals surface area contributed by atoms with Crippen LogP contribution in [0.25, 0.3) is 10.9 Å².